The van der Waals surface area contributed by atoms with Crippen LogP contribution in [0.4, 0.5) is 0 Å². The molecule has 0 aromatic heterocycles. The summed E-state index contributed by atoms with van der Waals surface area (Å²) < 4.78 is 13.6. The fourth-order valence-corrected chi connectivity index (χ4v) is 5.76. The van der Waals surface area contributed by atoms with Gasteiger partial charge in [0.1, 0.15) is 11.2 Å². The molecular formula is C23H34O2. The zero-order chi connectivity index (χ0) is 17.3. The van der Waals surface area contributed by atoms with E-state index < -0.39 is 0 Å². The molecule has 138 valence electrons. The van der Waals surface area contributed by atoms with Crippen LogP contribution >= 0.6 is 0 Å². The fourth-order valence-electron chi connectivity index (χ4n) is 5.76. The van der Waals surface area contributed by atoms with Crippen LogP contribution in [-0.4, -0.2) is 11.2 Å². The number of benzene rings is 1. The Morgan fingerprint density at radius 1 is 0.680 bits per heavy atom. The molecule has 0 unspecified atom stereocenters. The number of hydrogen-bond acceptors (Lipinski definition) is 2. The van der Waals surface area contributed by atoms with Gasteiger partial charge in [-0.2, -0.15) is 0 Å². The van der Waals surface area contributed by atoms with Crippen LogP contribution in [0.2, 0.25) is 0 Å². The van der Waals surface area contributed by atoms with Gasteiger partial charge in [-0.3, -0.25) is 0 Å². The van der Waals surface area contributed by atoms with Gasteiger partial charge in [0, 0.05) is 5.56 Å². The zero-order valence-corrected chi connectivity index (χ0v) is 16.0. The van der Waals surface area contributed by atoms with Gasteiger partial charge in [-0.15, -0.1) is 0 Å². The van der Waals surface area contributed by atoms with Gasteiger partial charge in [-0.25, -0.2) is 0 Å². The second-order valence-electron chi connectivity index (χ2n) is 8.86. The van der Waals surface area contributed by atoms with E-state index in [1.165, 1.54) is 69.8 Å². The van der Waals surface area contributed by atoms with Gasteiger partial charge in [0.05, 0.1) is 0 Å². The Hall–Kier alpha value is -0.860. The minimum absolute atomic E-state index is 0.171. The van der Waals surface area contributed by atoms with E-state index in [0.29, 0.717) is 11.8 Å². The summed E-state index contributed by atoms with van der Waals surface area (Å²) in [6, 6.07) is 10.6. The molecule has 2 atom stereocenters. The third kappa shape index (κ3) is 3.06. The normalized spacial score (nSPS) is 35.9. The van der Waals surface area contributed by atoms with Crippen molar-refractivity contribution >= 4 is 0 Å². The molecule has 0 N–H and O–H groups in total. The lowest BCUT2D eigenvalue weighted by atomic mass is 9.63. The summed E-state index contributed by atoms with van der Waals surface area (Å²) >= 11 is 0. The van der Waals surface area contributed by atoms with E-state index in [2.05, 4.69) is 44.2 Å². The van der Waals surface area contributed by atoms with Gasteiger partial charge in [0.15, 0.2) is 6.29 Å². The molecule has 1 aromatic rings. The van der Waals surface area contributed by atoms with Crippen molar-refractivity contribution in [1.29, 1.82) is 0 Å². The van der Waals surface area contributed by atoms with Crippen LogP contribution < -0.4 is 0 Å². The Labute approximate surface area is 153 Å². The molecule has 3 aliphatic rings. The fraction of sp³-hybridized carbons (Fsp3) is 0.739. The van der Waals surface area contributed by atoms with E-state index in [4.69, 9.17) is 9.47 Å². The average Bonchev–Trinajstić information content (AvgIpc) is 2.97. The average molecular weight is 343 g/mol. The number of ether oxygens (including phenoxy) is 2. The molecule has 0 radical (unpaired) electrons. The minimum atomic E-state index is -0.208. The Kier molecular flexibility index (Phi) is 4.94. The highest BCUT2D eigenvalue weighted by Gasteiger charge is 2.61. The highest BCUT2D eigenvalue weighted by Crippen LogP contribution is 2.57. The first-order valence-corrected chi connectivity index (χ1v) is 10.5. The van der Waals surface area contributed by atoms with Crippen LogP contribution in [0.5, 0.6) is 0 Å². The lowest BCUT2D eigenvalue weighted by Gasteiger charge is -2.49. The summed E-state index contributed by atoms with van der Waals surface area (Å²) in [6.07, 6.45) is 13.1. The van der Waals surface area contributed by atoms with Crippen molar-refractivity contribution in [3.8, 4) is 0 Å². The summed E-state index contributed by atoms with van der Waals surface area (Å²) in [5.74, 6) is 1.25. The molecule has 25 heavy (non-hydrogen) atoms. The maximum absolute atomic E-state index is 6.82. The Morgan fingerprint density at radius 2 is 1.12 bits per heavy atom. The number of hydrogen-bond donors (Lipinski definition) is 0. The van der Waals surface area contributed by atoms with Gasteiger partial charge >= 0.3 is 0 Å². The second-order valence-corrected chi connectivity index (χ2v) is 8.86. The van der Waals surface area contributed by atoms with Crippen molar-refractivity contribution in [3.05, 3.63) is 35.9 Å². The van der Waals surface area contributed by atoms with Crippen LogP contribution in [0.15, 0.2) is 30.3 Å². The SMILES string of the molecule is C[C@]1(C2CCCCC2)OC(c2ccccc2)O[C@]1(C)C1CCCCC1. The van der Waals surface area contributed by atoms with Crippen molar-refractivity contribution in [2.45, 2.75) is 95.5 Å². The molecule has 4 rings (SSSR count). The molecule has 3 fully saturated rings. The Morgan fingerprint density at radius 3 is 1.56 bits per heavy atom. The van der Waals surface area contributed by atoms with Crippen molar-refractivity contribution in [3.63, 3.8) is 0 Å². The standard InChI is InChI=1S/C23H34O2/c1-22(19-14-8-4-9-15-19)23(2,20-16-10-5-11-17-20)25-21(24-22)18-12-6-3-7-13-18/h3,6-7,12-13,19-21H,4-5,8-11,14-17H2,1-2H3/t22-,23-/m1/s1. The smallest absolute Gasteiger partial charge is 0.185 e. The molecule has 1 heterocycles. The van der Waals surface area contributed by atoms with Crippen LogP contribution in [-0.2, 0) is 9.47 Å². The maximum Gasteiger partial charge on any atom is 0.185 e. The van der Waals surface area contributed by atoms with Crippen molar-refractivity contribution in [1.82, 2.24) is 0 Å². The largest absolute Gasteiger partial charge is 0.339 e. The quantitative estimate of drug-likeness (QED) is 0.632. The van der Waals surface area contributed by atoms with Gasteiger partial charge in [0.2, 0.25) is 0 Å². The van der Waals surface area contributed by atoms with Crippen molar-refractivity contribution in [2.75, 3.05) is 0 Å². The van der Waals surface area contributed by atoms with Crippen LogP contribution in [0.1, 0.15) is 89.9 Å². The van der Waals surface area contributed by atoms with E-state index in [-0.39, 0.29) is 17.5 Å². The molecule has 0 bridgehead atoms. The third-order valence-electron chi connectivity index (χ3n) is 7.53. The topological polar surface area (TPSA) is 18.5 Å². The van der Waals surface area contributed by atoms with Crippen molar-refractivity contribution in [2.24, 2.45) is 11.8 Å². The first kappa shape index (κ1) is 17.5. The van der Waals surface area contributed by atoms with E-state index >= 15 is 0 Å². The van der Waals surface area contributed by atoms with E-state index in [1.807, 2.05) is 0 Å². The molecule has 2 nitrogen and oxygen atoms in total. The zero-order valence-electron chi connectivity index (χ0n) is 16.0. The van der Waals surface area contributed by atoms with E-state index in [9.17, 15) is 0 Å². The van der Waals surface area contributed by atoms with Crippen molar-refractivity contribution < 1.29 is 9.47 Å². The maximum atomic E-state index is 6.82. The van der Waals surface area contributed by atoms with Gasteiger partial charge in [-0.1, -0.05) is 68.9 Å². The molecule has 1 aromatic carbocycles. The third-order valence-corrected chi connectivity index (χ3v) is 7.53. The monoisotopic (exact) mass is 342 g/mol. The van der Waals surface area contributed by atoms with Crippen LogP contribution in [0, 0.1) is 11.8 Å². The summed E-state index contributed by atoms with van der Waals surface area (Å²) in [5.41, 5.74) is 0.829. The summed E-state index contributed by atoms with van der Waals surface area (Å²) in [7, 11) is 0. The lowest BCUT2D eigenvalue weighted by molar-refractivity contribution is -0.114. The number of rotatable bonds is 3. The van der Waals surface area contributed by atoms with E-state index in [0.717, 1.165) is 0 Å². The highest BCUT2D eigenvalue weighted by atomic mass is 16.7. The minimum Gasteiger partial charge on any atom is -0.339 e. The molecule has 1 aliphatic heterocycles. The molecule has 1 saturated heterocycles. The molecule has 2 heteroatoms. The Balaban J connectivity index is 1.67. The molecule has 2 saturated carbocycles. The first-order valence-electron chi connectivity index (χ1n) is 10.5. The molecule has 2 aliphatic carbocycles. The van der Waals surface area contributed by atoms with Crippen LogP contribution in [0.3, 0.4) is 0 Å². The second kappa shape index (κ2) is 7.04. The molecular weight excluding hydrogens is 308 g/mol. The van der Waals surface area contributed by atoms with Crippen LogP contribution in [0.25, 0.3) is 0 Å². The molecule has 0 spiro atoms. The highest BCUT2D eigenvalue weighted by molar-refractivity contribution is 5.20. The predicted molar refractivity (Wildman–Crippen MR) is 101 cm³/mol. The van der Waals surface area contributed by atoms with E-state index in [1.54, 1.807) is 0 Å². The Bertz CT molecular complexity index is 527. The van der Waals surface area contributed by atoms with Gasteiger partial charge < -0.3 is 9.47 Å². The molecule has 0 amide bonds. The lowest BCUT2D eigenvalue weighted by Crippen LogP contribution is -2.57. The first-order chi connectivity index (χ1) is 12.1. The predicted octanol–water partition coefficient (Wildman–Crippen LogP) is 6.41. The van der Waals surface area contributed by atoms with Gasteiger partial charge in [0.25, 0.3) is 0 Å². The summed E-state index contributed by atoms with van der Waals surface area (Å²) in [4.78, 5) is 0. The van der Waals surface area contributed by atoms with Gasteiger partial charge in [-0.05, 0) is 51.4 Å². The summed E-state index contributed by atoms with van der Waals surface area (Å²) in [5, 5.41) is 0. The summed E-state index contributed by atoms with van der Waals surface area (Å²) in [6.45, 7) is 4.75.